The monoisotopic (exact) mass is 359 g/mol. The van der Waals surface area contributed by atoms with Crippen LogP contribution in [0.15, 0.2) is 23.1 Å². The van der Waals surface area contributed by atoms with E-state index in [4.69, 9.17) is 16.7 Å². The minimum Gasteiger partial charge on any atom is -0.481 e. The first kappa shape index (κ1) is 18.7. The third-order valence-electron chi connectivity index (χ3n) is 2.89. The number of sulfonamides is 1. The molecule has 0 fully saturated rings. The maximum absolute atomic E-state index is 13.0. The van der Waals surface area contributed by atoms with E-state index in [1.807, 2.05) is 0 Å². The number of carboxylic acids is 1. The molecule has 124 valence electrons. The molecule has 0 bridgehead atoms. The summed E-state index contributed by atoms with van der Waals surface area (Å²) in [6, 6.07) is 2.62. The first-order valence-corrected chi connectivity index (χ1v) is 7.75. The van der Waals surface area contributed by atoms with Gasteiger partial charge in [-0.15, -0.1) is 0 Å². The molecular weight excluding hydrogens is 347 g/mol. The van der Waals surface area contributed by atoms with Gasteiger partial charge < -0.3 is 5.11 Å². The minimum absolute atomic E-state index is 0.486. The summed E-state index contributed by atoms with van der Waals surface area (Å²) < 4.78 is 64.1. The predicted molar refractivity (Wildman–Crippen MR) is 73.1 cm³/mol. The second-order valence-corrected chi connectivity index (χ2v) is 7.03. The Morgan fingerprint density at radius 2 is 1.95 bits per heavy atom. The second kappa shape index (κ2) is 6.43. The Balaban J connectivity index is 3.38. The van der Waals surface area contributed by atoms with Gasteiger partial charge >= 0.3 is 12.1 Å². The maximum Gasteiger partial charge on any atom is 0.417 e. The average molecular weight is 360 g/mol. The van der Waals surface area contributed by atoms with Gasteiger partial charge in [0.05, 0.1) is 16.5 Å². The van der Waals surface area contributed by atoms with Crippen LogP contribution in [0.25, 0.3) is 0 Å². The lowest BCUT2D eigenvalue weighted by molar-refractivity contribution is -0.141. The Kier molecular flexibility index (Phi) is 5.47. The van der Waals surface area contributed by atoms with Crippen LogP contribution in [0.4, 0.5) is 13.2 Å². The molecule has 0 spiro atoms. The molecule has 5 nitrogen and oxygen atoms in total. The fourth-order valence-electron chi connectivity index (χ4n) is 1.71. The van der Waals surface area contributed by atoms with Gasteiger partial charge in [0, 0.05) is 13.6 Å². The normalized spacial score (nSPS) is 14.1. The molecule has 0 aliphatic heterocycles. The summed E-state index contributed by atoms with van der Waals surface area (Å²) in [6.45, 7) is 0.756. The Hall–Kier alpha value is -1.32. The summed E-state index contributed by atoms with van der Waals surface area (Å²) in [5, 5.41) is 8.20. The molecule has 1 atom stereocenters. The third-order valence-corrected chi connectivity index (χ3v) is 5.25. The molecule has 1 N–H and O–H groups in total. The van der Waals surface area contributed by atoms with E-state index in [0.717, 1.165) is 19.2 Å². The lowest BCUT2D eigenvalue weighted by Gasteiger charge is -2.22. The predicted octanol–water partition coefficient (Wildman–Crippen LogP) is 2.70. The van der Waals surface area contributed by atoms with Crippen LogP contribution in [0.1, 0.15) is 12.5 Å². The number of benzene rings is 1. The Labute approximate surface area is 130 Å². The minimum atomic E-state index is -4.91. The molecule has 1 aromatic carbocycles. The molecule has 0 aromatic heterocycles. The van der Waals surface area contributed by atoms with Gasteiger partial charge in [-0.05, 0) is 12.1 Å². The van der Waals surface area contributed by atoms with Crippen LogP contribution in [0.5, 0.6) is 0 Å². The number of nitrogens with zero attached hydrogens (tertiary/aromatic N) is 1. The van der Waals surface area contributed by atoms with Gasteiger partial charge in [-0.25, -0.2) is 12.7 Å². The van der Waals surface area contributed by atoms with Gasteiger partial charge in [-0.3, -0.25) is 4.79 Å². The quantitative estimate of drug-likeness (QED) is 0.877. The smallest absolute Gasteiger partial charge is 0.417 e. The second-order valence-electron chi connectivity index (χ2n) is 4.64. The van der Waals surface area contributed by atoms with Crippen molar-refractivity contribution in [2.24, 2.45) is 5.92 Å². The number of aliphatic carboxylic acids is 1. The van der Waals surface area contributed by atoms with E-state index in [1.54, 1.807) is 0 Å². The van der Waals surface area contributed by atoms with Gasteiger partial charge in [0.25, 0.3) is 0 Å². The molecule has 0 aliphatic carbocycles. The van der Waals surface area contributed by atoms with Crippen LogP contribution in [-0.4, -0.2) is 37.4 Å². The van der Waals surface area contributed by atoms with Crippen molar-refractivity contribution in [2.75, 3.05) is 13.6 Å². The average Bonchev–Trinajstić information content (AvgIpc) is 2.36. The molecule has 0 aliphatic rings. The fraction of sp³-hybridized carbons (Fsp3) is 0.417. The first-order valence-electron chi connectivity index (χ1n) is 5.94. The van der Waals surface area contributed by atoms with Gasteiger partial charge in [-0.2, -0.15) is 13.2 Å². The molecule has 0 saturated carbocycles. The van der Waals surface area contributed by atoms with Crippen molar-refractivity contribution in [3.8, 4) is 0 Å². The van der Waals surface area contributed by atoms with Crippen molar-refractivity contribution in [2.45, 2.75) is 18.0 Å². The van der Waals surface area contributed by atoms with Crippen LogP contribution in [0.3, 0.4) is 0 Å². The summed E-state index contributed by atoms with van der Waals surface area (Å²) >= 11 is 5.64. The van der Waals surface area contributed by atoms with Gasteiger partial charge in [0.2, 0.25) is 10.0 Å². The molecule has 0 amide bonds. The van der Waals surface area contributed by atoms with Gasteiger partial charge in [0.15, 0.2) is 0 Å². The zero-order valence-corrected chi connectivity index (χ0v) is 13.1. The number of halogens is 4. The van der Waals surface area contributed by atoms with E-state index < -0.39 is 50.1 Å². The largest absolute Gasteiger partial charge is 0.481 e. The SMILES string of the molecule is CC(CN(C)S(=O)(=O)c1c(Cl)cccc1C(F)(F)F)C(=O)O. The topological polar surface area (TPSA) is 74.7 Å². The van der Waals surface area contributed by atoms with E-state index >= 15 is 0 Å². The molecule has 0 radical (unpaired) electrons. The lowest BCUT2D eigenvalue weighted by Crippen LogP contribution is -2.35. The van der Waals surface area contributed by atoms with Crippen molar-refractivity contribution in [1.82, 2.24) is 4.31 Å². The highest BCUT2D eigenvalue weighted by Crippen LogP contribution is 2.38. The lowest BCUT2D eigenvalue weighted by atomic mass is 10.2. The highest BCUT2D eigenvalue weighted by Gasteiger charge is 2.40. The molecule has 1 aromatic rings. The zero-order chi connectivity index (χ0) is 17.3. The molecule has 0 heterocycles. The maximum atomic E-state index is 13.0. The van der Waals surface area contributed by atoms with Crippen LogP contribution >= 0.6 is 11.6 Å². The van der Waals surface area contributed by atoms with E-state index in [2.05, 4.69) is 0 Å². The van der Waals surface area contributed by atoms with Crippen LogP contribution in [0, 0.1) is 5.92 Å². The van der Waals surface area contributed by atoms with E-state index in [0.29, 0.717) is 10.4 Å². The first-order chi connectivity index (χ1) is 9.89. The molecule has 1 unspecified atom stereocenters. The highest BCUT2D eigenvalue weighted by atomic mass is 35.5. The van der Waals surface area contributed by atoms with E-state index in [1.165, 1.54) is 6.92 Å². The number of hydrogen-bond donors (Lipinski definition) is 1. The highest BCUT2D eigenvalue weighted by molar-refractivity contribution is 7.89. The molecule has 22 heavy (non-hydrogen) atoms. The van der Waals surface area contributed by atoms with Gasteiger partial charge in [-0.1, -0.05) is 24.6 Å². The Bertz CT molecular complexity index is 675. The summed E-state index contributed by atoms with van der Waals surface area (Å²) in [5.74, 6) is -2.35. The van der Waals surface area contributed by atoms with E-state index in [9.17, 15) is 26.4 Å². The van der Waals surface area contributed by atoms with E-state index in [-0.39, 0.29) is 0 Å². The van der Waals surface area contributed by atoms with Gasteiger partial charge in [0.1, 0.15) is 4.90 Å². The van der Waals surface area contributed by atoms with Crippen molar-refractivity contribution in [3.05, 3.63) is 28.8 Å². The van der Waals surface area contributed by atoms with Crippen molar-refractivity contribution in [3.63, 3.8) is 0 Å². The summed E-state index contributed by atoms with van der Waals surface area (Å²) in [7, 11) is -3.60. The number of rotatable bonds is 5. The molecular formula is C12H13ClF3NO4S. The van der Waals surface area contributed by atoms with Crippen LogP contribution < -0.4 is 0 Å². The number of carbonyl (C=O) groups is 1. The number of hydrogen-bond acceptors (Lipinski definition) is 3. The molecule has 0 saturated heterocycles. The van der Waals surface area contributed by atoms with Crippen molar-refractivity contribution >= 4 is 27.6 Å². The van der Waals surface area contributed by atoms with Crippen LogP contribution in [-0.2, 0) is 21.0 Å². The fourth-order valence-corrected chi connectivity index (χ4v) is 3.69. The number of carboxylic acid groups (broad SMARTS) is 1. The molecule has 1 rings (SSSR count). The zero-order valence-electron chi connectivity index (χ0n) is 11.6. The Morgan fingerprint density at radius 3 is 2.41 bits per heavy atom. The number of alkyl halides is 3. The Morgan fingerprint density at radius 1 is 1.41 bits per heavy atom. The van der Waals surface area contributed by atoms with Crippen molar-refractivity contribution in [1.29, 1.82) is 0 Å². The summed E-state index contributed by atoms with van der Waals surface area (Å²) in [6.07, 6.45) is -4.91. The standard InChI is InChI=1S/C12H13ClF3NO4S/c1-7(11(18)19)6-17(2)22(20,21)10-8(12(14,15)16)4-3-5-9(10)13/h3-5,7H,6H2,1-2H3,(H,18,19). The summed E-state index contributed by atoms with van der Waals surface area (Å²) in [4.78, 5) is 9.68. The summed E-state index contributed by atoms with van der Waals surface area (Å²) in [5.41, 5.74) is -1.39. The van der Waals surface area contributed by atoms with Crippen molar-refractivity contribution < 1.29 is 31.5 Å². The third kappa shape index (κ3) is 3.90. The van der Waals surface area contributed by atoms with Crippen LogP contribution in [0.2, 0.25) is 5.02 Å². The molecule has 10 heteroatoms.